The summed E-state index contributed by atoms with van der Waals surface area (Å²) in [6, 6.07) is 2.51. The van der Waals surface area contributed by atoms with Crippen LogP contribution < -0.4 is 9.47 Å². The Hall–Kier alpha value is -2.11. The van der Waals surface area contributed by atoms with Gasteiger partial charge in [-0.2, -0.15) is 0 Å². The average Bonchev–Trinajstić information content (AvgIpc) is 2.26. The SMILES string of the molecule is COc1cc(C=O)cc([N+](=O)[O-])c1OC. The lowest BCUT2D eigenvalue weighted by Crippen LogP contribution is -1.98. The van der Waals surface area contributed by atoms with E-state index in [2.05, 4.69) is 0 Å². The third-order valence-corrected chi connectivity index (χ3v) is 1.81. The van der Waals surface area contributed by atoms with Crippen LogP contribution in [0.2, 0.25) is 0 Å². The zero-order valence-corrected chi connectivity index (χ0v) is 8.22. The van der Waals surface area contributed by atoms with E-state index < -0.39 is 4.92 Å². The van der Waals surface area contributed by atoms with Crippen LogP contribution in [-0.4, -0.2) is 25.4 Å². The minimum Gasteiger partial charge on any atom is -0.493 e. The molecule has 80 valence electrons. The van der Waals surface area contributed by atoms with Crippen LogP contribution in [0.4, 0.5) is 5.69 Å². The Morgan fingerprint density at radius 1 is 1.33 bits per heavy atom. The Morgan fingerprint density at radius 2 is 2.00 bits per heavy atom. The van der Waals surface area contributed by atoms with E-state index in [1.807, 2.05) is 0 Å². The van der Waals surface area contributed by atoms with Crippen LogP contribution in [0.3, 0.4) is 0 Å². The Labute approximate surface area is 85.6 Å². The van der Waals surface area contributed by atoms with Crippen LogP contribution in [0.25, 0.3) is 0 Å². The molecule has 6 nitrogen and oxygen atoms in total. The summed E-state index contributed by atoms with van der Waals surface area (Å²) >= 11 is 0. The highest BCUT2D eigenvalue weighted by molar-refractivity contribution is 5.79. The molecule has 0 N–H and O–H groups in total. The molecule has 0 unspecified atom stereocenters. The molecule has 0 aromatic heterocycles. The minimum absolute atomic E-state index is 0.00750. The van der Waals surface area contributed by atoms with Gasteiger partial charge < -0.3 is 9.47 Å². The van der Waals surface area contributed by atoms with Gasteiger partial charge in [0.05, 0.1) is 19.1 Å². The molecule has 0 radical (unpaired) electrons. The van der Waals surface area contributed by atoms with Gasteiger partial charge in [-0.3, -0.25) is 14.9 Å². The molecular formula is C9H9NO5. The van der Waals surface area contributed by atoms with Gasteiger partial charge in [-0.15, -0.1) is 0 Å². The molecule has 15 heavy (non-hydrogen) atoms. The number of benzene rings is 1. The summed E-state index contributed by atoms with van der Waals surface area (Å²) in [6.07, 6.45) is 0.509. The summed E-state index contributed by atoms with van der Waals surface area (Å²) in [7, 11) is 2.64. The van der Waals surface area contributed by atoms with E-state index in [0.717, 1.165) is 6.07 Å². The van der Waals surface area contributed by atoms with Gasteiger partial charge in [0.15, 0.2) is 5.75 Å². The van der Waals surface area contributed by atoms with Gasteiger partial charge in [0.2, 0.25) is 5.75 Å². The number of methoxy groups -OCH3 is 2. The zero-order valence-electron chi connectivity index (χ0n) is 8.22. The topological polar surface area (TPSA) is 78.7 Å². The van der Waals surface area contributed by atoms with Gasteiger partial charge in [-0.1, -0.05) is 0 Å². The number of ether oxygens (including phenoxy) is 2. The summed E-state index contributed by atoms with van der Waals surface area (Å²) in [4.78, 5) is 20.6. The fourth-order valence-corrected chi connectivity index (χ4v) is 1.17. The number of hydrogen-bond acceptors (Lipinski definition) is 5. The minimum atomic E-state index is -0.631. The van der Waals surface area contributed by atoms with Crippen LogP contribution in [0.1, 0.15) is 10.4 Å². The summed E-state index contributed by atoms with van der Waals surface area (Å²) in [6.45, 7) is 0. The normalized spacial score (nSPS) is 9.47. The van der Waals surface area contributed by atoms with Crippen LogP contribution >= 0.6 is 0 Å². The quantitative estimate of drug-likeness (QED) is 0.427. The molecule has 0 aliphatic rings. The van der Waals surface area contributed by atoms with Crippen molar-refractivity contribution in [3.8, 4) is 11.5 Å². The van der Waals surface area contributed by atoms with Gasteiger partial charge in [0.25, 0.3) is 0 Å². The second-order valence-electron chi connectivity index (χ2n) is 2.65. The van der Waals surface area contributed by atoms with E-state index in [4.69, 9.17) is 9.47 Å². The number of nitro groups is 1. The molecule has 0 saturated carbocycles. The van der Waals surface area contributed by atoms with Crippen LogP contribution in [0.15, 0.2) is 12.1 Å². The van der Waals surface area contributed by atoms with E-state index in [1.54, 1.807) is 0 Å². The number of aldehydes is 1. The zero-order chi connectivity index (χ0) is 11.4. The molecule has 0 spiro atoms. The molecule has 1 aromatic carbocycles. The largest absolute Gasteiger partial charge is 0.493 e. The van der Waals surface area contributed by atoms with E-state index in [9.17, 15) is 14.9 Å². The van der Waals surface area contributed by atoms with Gasteiger partial charge in [0, 0.05) is 11.6 Å². The average molecular weight is 211 g/mol. The second kappa shape index (κ2) is 4.41. The highest BCUT2D eigenvalue weighted by Gasteiger charge is 2.21. The first-order valence-corrected chi connectivity index (χ1v) is 3.99. The Kier molecular flexibility index (Phi) is 3.22. The number of rotatable bonds is 4. The second-order valence-corrected chi connectivity index (χ2v) is 2.65. The van der Waals surface area contributed by atoms with Crippen molar-refractivity contribution in [1.29, 1.82) is 0 Å². The van der Waals surface area contributed by atoms with Crippen molar-refractivity contribution >= 4 is 12.0 Å². The van der Waals surface area contributed by atoms with Crippen molar-refractivity contribution in [3.63, 3.8) is 0 Å². The van der Waals surface area contributed by atoms with Crippen LogP contribution in [0, 0.1) is 10.1 Å². The standard InChI is InChI=1S/C9H9NO5/c1-14-8-4-6(5-11)3-7(10(12)13)9(8)15-2/h3-5H,1-2H3. The molecule has 0 aliphatic heterocycles. The maximum absolute atomic E-state index is 10.7. The monoisotopic (exact) mass is 211 g/mol. The highest BCUT2D eigenvalue weighted by Crippen LogP contribution is 2.37. The van der Waals surface area contributed by atoms with E-state index >= 15 is 0 Å². The molecule has 1 aromatic rings. The number of nitrogens with zero attached hydrogens (tertiary/aromatic N) is 1. The van der Waals surface area contributed by atoms with Gasteiger partial charge in [-0.25, -0.2) is 0 Å². The Balaban J connectivity index is 3.45. The smallest absolute Gasteiger partial charge is 0.315 e. The highest BCUT2D eigenvalue weighted by atomic mass is 16.6. The van der Waals surface area contributed by atoms with Crippen molar-refractivity contribution in [3.05, 3.63) is 27.8 Å². The number of carbonyl (C=O) groups excluding carboxylic acids is 1. The molecule has 0 heterocycles. The molecule has 0 atom stereocenters. The predicted octanol–water partition coefficient (Wildman–Crippen LogP) is 1.42. The number of hydrogen-bond donors (Lipinski definition) is 0. The van der Waals surface area contributed by atoms with E-state index in [-0.39, 0.29) is 22.7 Å². The predicted molar refractivity (Wildman–Crippen MR) is 51.6 cm³/mol. The summed E-state index contributed by atoms with van der Waals surface area (Å²) < 4.78 is 9.73. The van der Waals surface area contributed by atoms with Crippen molar-refractivity contribution < 1.29 is 19.2 Å². The lowest BCUT2D eigenvalue weighted by molar-refractivity contribution is -0.385. The van der Waals surface area contributed by atoms with E-state index in [1.165, 1.54) is 20.3 Å². The van der Waals surface area contributed by atoms with Crippen LogP contribution in [-0.2, 0) is 0 Å². The number of nitro benzene ring substituents is 1. The molecule has 0 bridgehead atoms. The molecule has 1 rings (SSSR count). The fraction of sp³-hybridized carbons (Fsp3) is 0.222. The van der Waals surface area contributed by atoms with Gasteiger partial charge in [-0.05, 0) is 6.07 Å². The van der Waals surface area contributed by atoms with Crippen molar-refractivity contribution in [2.75, 3.05) is 14.2 Å². The van der Waals surface area contributed by atoms with Crippen molar-refractivity contribution in [2.24, 2.45) is 0 Å². The first-order chi connectivity index (χ1) is 7.13. The first-order valence-electron chi connectivity index (χ1n) is 3.99. The molecule has 6 heteroatoms. The molecule has 0 amide bonds. The lowest BCUT2D eigenvalue weighted by Gasteiger charge is -2.07. The summed E-state index contributed by atoms with van der Waals surface area (Å²) in [5.74, 6) is 0.168. The maximum atomic E-state index is 10.7. The lowest BCUT2D eigenvalue weighted by atomic mass is 10.2. The molecule has 0 saturated heterocycles. The van der Waals surface area contributed by atoms with Crippen LogP contribution in [0.5, 0.6) is 11.5 Å². The number of carbonyl (C=O) groups is 1. The third-order valence-electron chi connectivity index (χ3n) is 1.81. The van der Waals surface area contributed by atoms with E-state index in [0.29, 0.717) is 6.29 Å². The van der Waals surface area contributed by atoms with Crippen molar-refractivity contribution in [2.45, 2.75) is 0 Å². The third kappa shape index (κ3) is 2.04. The van der Waals surface area contributed by atoms with Crippen molar-refractivity contribution in [1.82, 2.24) is 0 Å². The Bertz CT molecular complexity index is 402. The molecule has 0 fully saturated rings. The summed E-state index contributed by atoms with van der Waals surface area (Å²) in [5.41, 5.74) is -0.127. The van der Waals surface area contributed by atoms with Gasteiger partial charge >= 0.3 is 5.69 Å². The summed E-state index contributed by atoms with van der Waals surface area (Å²) in [5, 5.41) is 10.7. The first kappa shape index (κ1) is 11.0. The van der Waals surface area contributed by atoms with Gasteiger partial charge in [0.1, 0.15) is 6.29 Å². The molecule has 0 aliphatic carbocycles. The fourth-order valence-electron chi connectivity index (χ4n) is 1.17. The molecular weight excluding hydrogens is 202 g/mol. The maximum Gasteiger partial charge on any atom is 0.315 e. The Morgan fingerprint density at radius 3 is 2.40 bits per heavy atom.